The molecule has 0 radical (unpaired) electrons. The summed E-state index contributed by atoms with van der Waals surface area (Å²) in [5.41, 5.74) is 2.09. The summed E-state index contributed by atoms with van der Waals surface area (Å²) in [6.45, 7) is 1.43. The molecule has 1 aromatic heterocycles. The molecular formula is C21H15ClN2O4S. The number of fused-ring (bicyclic) bond motifs is 1. The lowest BCUT2D eigenvalue weighted by Crippen LogP contribution is -2.43. The highest BCUT2D eigenvalue weighted by atomic mass is 35.5. The zero-order valence-corrected chi connectivity index (χ0v) is 16.9. The van der Waals surface area contributed by atoms with Gasteiger partial charge < -0.3 is 4.74 Å². The first kappa shape index (κ1) is 19.3. The van der Waals surface area contributed by atoms with Crippen LogP contribution in [0.25, 0.3) is 10.6 Å². The Kier molecular flexibility index (Phi) is 5.17. The molecule has 0 N–H and O–H groups in total. The zero-order chi connectivity index (χ0) is 20.5. The molecule has 0 spiro atoms. The topological polar surface area (TPSA) is 76.6 Å². The predicted molar refractivity (Wildman–Crippen MR) is 109 cm³/mol. The van der Waals surface area contributed by atoms with Crippen LogP contribution in [-0.2, 0) is 16.1 Å². The van der Waals surface area contributed by atoms with Gasteiger partial charge in [0.1, 0.15) is 17.7 Å². The van der Waals surface area contributed by atoms with Gasteiger partial charge in [-0.1, -0.05) is 35.9 Å². The highest BCUT2D eigenvalue weighted by Crippen LogP contribution is 2.27. The number of halogens is 1. The van der Waals surface area contributed by atoms with Gasteiger partial charge in [0, 0.05) is 16.0 Å². The van der Waals surface area contributed by atoms with Crippen LogP contribution in [0.15, 0.2) is 53.9 Å². The maximum absolute atomic E-state index is 12.5. The van der Waals surface area contributed by atoms with E-state index < -0.39 is 23.8 Å². The molecule has 0 bridgehead atoms. The summed E-state index contributed by atoms with van der Waals surface area (Å²) in [4.78, 5) is 42.8. The lowest BCUT2D eigenvalue weighted by molar-refractivity contribution is -0.149. The fourth-order valence-electron chi connectivity index (χ4n) is 3.03. The molecule has 0 saturated carbocycles. The van der Waals surface area contributed by atoms with Gasteiger partial charge in [-0.05, 0) is 31.2 Å². The number of hydrogen-bond acceptors (Lipinski definition) is 6. The molecule has 0 fully saturated rings. The molecule has 4 rings (SSSR count). The minimum Gasteiger partial charge on any atom is -0.458 e. The molecule has 0 saturated heterocycles. The van der Waals surface area contributed by atoms with E-state index in [1.165, 1.54) is 18.3 Å². The standard InChI is InChI=1S/C21H15ClN2O4S/c1-12(24-19(25)16-4-2-3-5-17(16)20(24)26)21(27)28-10-15-11-29-18(23-15)13-6-8-14(22)9-7-13/h2-9,11-12H,10H2,1H3. The minimum atomic E-state index is -1.03. The molecule has 146 valence electrons. The van der Waals surface area contributed by atoms with Crippen molar-refractivity contribution in [1.29, 1.82) is 0 Å². The summed E-state index contributed by atoms with van der Waals surface area (Å²) in [7, 11) is 0. The largest absolute Gasteiger partial charge is 0.458 e. The first-order valence-corrected chi connectivity index (χ1v) is 10.1. The molecule has 8 heteroatoms. The van der Waals surface area contributed by atoms with Crippen molar-refractivity contribution >= 4 is 40.7 Å². The summed E-state index contributed by atoms with van der Waals surface area (Å²) in [6.07, 6.45) is 0. The van der Waals surface area contributed by atoms with Crippen LogP contribution in [0.1, 0.15) is 33.3 Å². The van der Waals surface area contributed by atoms with Crippen molar-refractivity contribution in [3.63, 3.8) is 0 Å². The number of nitrogens with zero attached hydrogens (tertiary/aromatic N) is 2. The molecule has 1 unspecified atom stereocenters. The zero-order valence-electron chi connectivity index (χ0n) is 15.3. The lowest BCUT2D eigenvalue weighted by atomic mass is 10.1. The number of thiazole rings is 1. The highest BCUT2D eigenvalue weighted by Gasteiger charge is 2.41. The average Bonchev–Trinajstić information content (AvgIpc) is 3.30. The van der Waals surface area contributed by atoms with Crippen LogP contribution in [-0.4, -0.2) is 33.7 Å². The number of carbonyl (C=O) groups excluding carboxylic acids is 3. The highest BCUT2D eigenvalue weighted by molar-refractivity contribution is 7.13. The molecule has 3 aromatic rings. The van der Waals surface area contributed by atoms with Gasteiger partial charge in [-0.3, -0.25) is 14.5 Å². The summed E-state index contributed by atoms with van der Waals surface area (Å²) in [6, 6.07) is 12.7. The fraction of sp³-hybridized carbons (Fsp3) is 0.143. The summed E-state index contributed by atoms with van der Waals surface area (Å²) >= 11 is 7.32. The molecule has 2 amide bonds. The molecule has 1 atom stereocenters. The van der Waals surface area contributed by atoms with Crippen molar-refractivity contribution in [3.05, 3.63) is 75.8 Å². The van der Waals surface area contributed by atoms with E-state index in [9.17, 15) is 14.4 Å². The SMILES string of the molecule is CC(C(=O)OCc1csc(-c2ccc(Cl)cc2)n1)N1C(=O)c2ccccc2C1=O. The monoisotopic (exact) mass is 426 g/mol. The van der Waals surface area contributed by atoms with E-state index in [1.807, 2.05) is 12.1 Å². The van der Waals surface area contributed by atoms with Crippen LogP contribution in [0, 0.1) is 0 Å². The molecule has 6 nitrogen and oxygen atoms in total. The summed E-state index contributed by atoms with van der Waals surface area (Å²) in [5, 5.41) is 3.21. The number of rotatable bonds is 5. The third-order valence-corrected chi connectivity index (χ3v) is 5.75. The van der Waals surface area contributed by atoms with Crippen molar-refractivity contribution < 1.29 is 19.1 Å². The number of carbonyl (C=O) groups is 3. The van der Waals surface area contributed by atoms with Crippen molar-refractivity contribution in [3.8, 4) is 10.6 Å². The number of aromatic nitrogens is 1. The minimum absolute atomic E-state index is 0.0452. The van der Waals surface area contributed by atoms with E-state index in [0.29, 0.717) is 21.8 Å². The molecule has 2 heterocycles. The number of imide groups is 1. The predicted octanol–water partition coefficient (Wildman–Crippen LogP) is 4.19. The number of amides is 2. The normalized spacial score (nSPS) is 14.1. The second-order valence-electron chi connectivity index (χ2n) is 6.46. The van der Waals surface area contributed by atoms with E-state index >= 15 is 0 Å². The van der Waals surface area contributed by atoms with E-state index in [-0.39, 0.29) is 6.61 Å². The van der Waals surface area contributed by atoms with Gasteiger partial charge >= 0.3 is 5.97 Å². The van der Waals surface area contributed by atoms with E-state index in [4.69, 9.17) is 16.3 Å². The number of ether oxygens (including phenoxy) is 1. The summed E-state index contributed by atoms with van der Waals surface area (Å²) < 4.78 is 5.30. The van der Waals surface area contributed by atoms with Crippen LogP contribution >= 0.6 is 22.9 Å². The Morgan fingerprint density at radius 2 is 1.72 bits per heavy atom. The Labute approximate surface area is 175 Å². The van der Waals surface area contributed by atoms with Crippen LogP contribution in [0.2, 0.25) is 5.02 Å². The quantitative estimate of drug-likeness (QED) is 0.451. The van der Waals surface area contributed by atoms with Crippen LogP contribution in [0.3, 0.4) is 0 Å². The third kappa shape index (κ3) is 3.66. The maximum Gasteiger partial charge on any atom is 0.329 e. The van der Waals surface area contributed by atoms with Crippen molar-refractivity contribution in [2.45, 2.75) is 19.6 Å². The smallest absolute Gasteiger partial charge is 0.329 e. The Morgan fingerprint density at radius 1 is 1.10 bits per heavy atom. The molecule has 29 heavy (non-hydrogen) atoms. The van der Waals surface area contributed by atoms with Gasteiger partial charge in [0.2, 0.25) is 0 Å². The number of benzene rings is 2. The number of esters is 1. The molecular weight excluding hydrogens is 412 g/mol. The Balaban J connectivity index is 1.41. The molecule has 2 aromatic carbocycles. The van der Waals surface area contributed by atoms with Gasteiger partial charge in [-0.15, -0.1) is 11.3 Å². The van der Waals surface area contributed by atoms with Crippen molar-refractivity contribution in [1.82, 2.24) is 9.88 Å². The second-order valence-corrected chi connectivity index (χ2v) is 7.76. The van der Waals surface area contributed by atoms with E-state index in [1.54, 1.807) is 41.8 Å². The Morgan fingerprint density at radius 3 is 2.34 bits per heavy atom. The van der Waals surface area contributed by atoms with E-state index in [0.717, 1.165) is 15.5 Å². The summed E-state index contributed by atoms with van der Waals surface area (Å²) in [5.74, 6) is -1.65. The van der Waals surface area contributed by atoms with Gasteiger partial charge in [0.15, 0.2) is 0 Å². The Hall–Kier alpha value is -3.03. The average molecular weight is 427 g/mol. The van der Waals surface area contributed by atoms with Crippen molar-refractivity contribution in [2.75, 3.05) is 0 Å². The van der Waals surface area contributed by atoms with E-state index in [2.05, 4.69) is 4.98 Å². The van der Waals surface area contributed by atoms with Crippen LogP contribution < -0.4 is 0 Å². The van der Waals surface area contributed by atoms with Gasteiger partial charge in [0.25, 0.3) is 11.8 Å². The molecule has 0 aliphatic carbocycles. The molecule has 1 aliphatic rings. The fourth-order valence-corrected chi connectivity index (χ4v) is 3.97. The van der Waals surface area contributed by atoms with Crippen molar-refractivity contribution in [2.24, 2.45) is 0 Å². The molecule has 1 aliphatic heterocycles. The first-order chi connectivity index (χ1) is 14.0. The van der Waals surface area contributed by atoms with Gasteiger partial charge in [-0.25, -0.2) is 9.78 Å². The first-order valence-electron chi connectivity index (χ1n) is 8.79. The second kappa shape index (κ2) is 7.77. The lowest BCUT2D eigenvalue weighted by Gasteiger charge is -2.20. The van der Waals surface area contributed by atoms with Crippen LogP contribution in [0.5, 0.6) is 0 Å². The third-order valence-electron chi connectivity index (χ3n) is 4.56. The van der Waals surface area contributed by atoms with Gasteiger partial charge in [0.05, 0.1) is 16.8 Å². The van der Waals surface area contributed by atoms with Crippen LogP contribution in [0.4, 0.5) is 0 Å². The Bertz CT molecular complexity index is 1070. The van der Waals surface area contributed by atoms with Gasteiger partial charge in [-0.2, -0.15) is 0 Å². The number of hydrogen-bond donors (Lipinski definition) is 0. The maximum atomic E-state index is 12.5.